The van der Waals surface area contributed by atoms with Crippen molar-refractivity contribution in [3.8, 4) is 0 Å². The summed E-state index contributed by atoms with van der Waals surface area (Å²) in [5, 5.41) is 0. The summed E-state index contributed by atoms with van der Waals surface area (Å²) < 4.78 is 25.2. The van der Waals surface area contributed by atoms with Crippen LogP contribution in [0.3, 0.4) is 0 Å². The number of aryl methyl sites for hydroxylation is 1. The van der Waals surface area contributed by atoms with Gasteiger partial charge >= 0.3 is 0 Å². The highest BCUT2D eigenvalue weighted by Crippen LogP contribution is 2.27. The molecule has 0 radical (unpaired) electrons. The first-order valence-corrected chi connectivity index (χ1v) is 6.90. The normalized spacial score (nSPS) is 12.5. The van der Waals surface area contributed by atoms with E-state index in [0.717, 1.165) is 11.3 Å². The van der Waals surface area contributed by atoms with Crippen molar-refractivity contribution in [2.45, 2.75) is 19.4 Å². The molecule has 2 N–H and O–H groups in total. The van der Waals surface area contributed by atoms with E-state index in [1.165, 1.54) is 17.7 Å². The molecule has 0 aliphatic heterocycles. The number of rotatable bonds is 5. The zero-order chi connectivity index (χ0) is 15.4. The molecule has 0 saturated carbocycles. The Labute approximate surface area is 124 Å². The number of hydrogen-bond donors (Lipinski definition) is 1. The zero-order valence-electron chi connectivity index (χ0n) is 12.3. The molecule has 0 aliphatic carbocycles. The fraction of sp³-hybridized carbons (Fsp3) is 0.294. The van der Waals surface area contributed by atoms with Crippen molar-refractivity contribution in [2.24, 2.45) is 5.73 Å². The summed E-state index contributed by atoms with van der Waals surface area (Å²) in [4.78, 5) is 2.07. The third-order valence-electron chi connectivity index (χ3n) is 3.71. The first-order valence-electron chi connectivity index (χ1n) is 6.90. The van der Waals surface area contributed by atoms with Gasteiger partial charge in [-0.15, -0.1) is 0 Å². The third-order valence-corrected chi connectivity index (χ3v) is 3.71. The second-order valence-electron chi connectivity index (χ2n) is 5.17. The third kappa shape index (κ3) is 3.58. The van der Waals surface area contributed by atoms with Crippen molar-refractivity contribution in [2.75, 3.05) is 18.5 Å². The topological polar surface area (TPSA) is 29.3 Å². The maximum absolute atomic E-state index is 12.6. The second kappa shape index (κ2) is 6.68. The van der Waals surface area contributed by atoms with Crippen LogP contribution in [0.25, 0.3) is 0 Å². The van der Waals surface area contributed by atoms with E-state index in [9.17, 15) is 8.78 Å². The number of hydrogen-bond acceptors (Lipinski definition) is 2. The molecule has 0 heterocycles. The number of benzene rings is 2. The summed E-state index contributed by atoms with van der Waals surface area (Å²) in [5.74, 6) is 0. The predicted octanol–water partition coefficient (Wildman–Crippen LogP) is 4.07. The maximum Gasteiger partial charge on any atom is 0.263 e. The maximum atomic E-state index is 12.6. The van der Waals surface area contributed by atoms with E-state index in [2.05, 4.69) is 4.90 Å². The Morgan fingerprint density at radius 3 is 1.95 bits per heavy atom. The highest BCUT2D eigenvalue weighted by molar-refractivity contribution is 5.49. The van der Waals surface area contributed by atoms with Gasteiger partial charge in [0.2, 0.25) is 0 Å². The van der Waals surface area contributed by atoms with Crippen LogP contribution in [0.2, 0.25) is 0 Å². The average Bonchev–Trinajstić information content (AvgIpc) is 2.49. The van der Waals surface area contributed by atoms with Crippen LogP contribution in [0, 0.1) is 6.92 Å². The molecule has 1 atom stereocenters. The van der Waals surface area contributed by atoms with E-state index < -0.39 is 6.43 Å². The van der Waals surface area contributed by atoms with E-state index in [-0.39, 0.29) is 11.6 Å². The van der Waals surface area contributed by atoms with Crippen molar-refractivity contribution in [3.63, 3.8) is 0 Å². The first-order chi connectivity index (χ1) is 10.0. The van der Waals surface area contributed by atoms with E-state index >= 15 is 0 Å². The fourth-order valence-corrected chi connectivity index (χ4v) is 2.34. The van der Waals surface area contributed by atoms with Gasteiger partial charge < -0.3 is 10.6 Å². The summed E-state index contributed by atoms with van der Waals surface area (Å²) in [6, 6.07) is 14.5. The predicted molar refractivity (Wildman–Crippen MR) is 82.8 cm³/mol. The molecule has 2 aromatic rings. The molecule has 2 aromatic carbocycles. The summed E-state index contributed by atoms with van der Waals surface area (Å²) in [5.41, 5.74) is 9.09. The molecule has 0 saturated heterocycles. The smallest absolute Gasteiger partial charge is 0.263 e. The minimum Gasteiger partial charge on any atom is -0.366 e. The molecule has 0 fully saturated rings. The fourth-order valence-electron chi connectivity index (χ4n) is 2.34. The second-order valence-corrected chi connectivity index (χ2v) is 5.17. The van der Waals surface area contributed by atoms with Gasteiger partial charge in [0.15, 0.2) is 0 Å². The van der Waals surface area contributed by atoms with E-state index in [4.69, 9.17) is 5.73 Å². The van der Waals surface area contributed by atoms with Gasteiger partial charge in [-0.1, -0.05) is 42.0 Å². The van der Waals surface area contributed by atoms with E-state index in [0.29, 0.717) is 6.54 Å². The zero-order valence-corrected chi connectivity index (χ0v) is 12.3. The lowest BCUT2D eigenvalue weighted by molar-refractivity contribution is 0.151. The van der Waals surface area contributed by atoms with Crippen LogP contribution >= 0.6 is 0 Å². The largest absolute Gasteiger partial charge is 0.366 e. The van der Waals surface area contributed by atoms with Crippen LogP contribution in [-0.2, 0) is 0 Å². The molecule has 1 unspecified atom stereocenters. The minimum absolute atomic E-state index is 0.0347. The Morgan fingerprint density at radius 2 is 1.48 bits per heavy atom. The molecule has 112 valence electrons. The van der Waals surface area contributed by atoms with E-state index in [1.54, 1.807) is 12.1 Å². The number of halogens is 2. The Kier molecular flexibility index (Phi) is 4.91. The number of nitrogens with zero attached hydrogens (tertiary/aromatic N) is 1. The number of likely N-dealkylation sites (N-methyl/N-ethyl adjacent to an activating group) is 1. The van der Waals surface area contributed by atoms with Crippen molar-refractivity contribution in [1.82, 2.24) is 0 Å². The Bertz CT molecular complexity index is 564. The monoisotopic (exact) mass is 290 g/mol. The van der Waals surface area contributed by atoms with Gasteiger partial charge in [-0.3, -0.25) is 0 Å². The summed E-state index contributed by atoms with van der Waals surface area (Å²) in [6.45, 7) is 2.45. The summed E-state index contributed by atoms with van der Waals surface area (Å²) in [7, 11) is 1.96. The molecule has 2 rings (SSSR count). The van der Waals surface area contributed by atoms with Gasteiger partial charge in [-0.05, 0) is 24.6 Å². The van der Waals surface area contributed by atoms with Gasteiger partial charge in [-0.2, -0.15) is 0 Å². The number of alkyl halides is 2. The molecule has 0 aliphatic rings. The van der Waals surface area contributed by atoms with Crippen molar-refractivity contribution >= 4 is 5.69 Å². The van der Waals surface area contributed by atoms with Crippen molar-refractivity contribution < 1.29 is 8.78 Å². The average molecular weight is 290 g/mol. The Hall–Kier alpha value is -1.94. The van der Waals surface area contributed by atoms with Crippen LogP contribution in [-0.4, -0.2) is 13.6 Å². The molecule has 2 nitrogen and oxygen atoms in total. The first kappa shape index (κ1) is 15.4. The lowest BCUT2D eigenvalue weighted by Gasteiger charge is -2.29. The lowest BCUT2D eigenvalue weighted by atomic mass is 10.0. The number of anilines is 1. The summed E-state index contributed by atoms with van der Waals surface area (Å²) >= 11 is 0. The van der Waals surface area contributed by atoms with E-state index in [1.807, 2.05) is 38.2 Å². The molecule has 0 aromatic heterocycles. The van der Waals surface area contributed by atoms with Crippen molar-refractivity contribution in [3.05, 3.63) is 65.2 Å². The highest BCUT2D eigenvalue weighted by Gasteiger charge is 2.17. The Morgan fingerprint density at radius 1 is 0.952 bits per heavy atom. The quantitative estimate of drug-likeness (QED) is 0.899. The molecular weight excluding hydrogens is 270 g/mol. The van der Waals surface area contributed by atoms with Crippen LogP contribution in [0.4, 0.5) is 14.5 Å². The molecule has 21 heavy (non-hydrogen) atoms. The van der Waals surface area contributed by atoms with Crippen LogP contribution in [0.1, 0.15) is 29.2 Å². The SMILES string of the molecule is Cc1ccc(N(C)C(CN)c2ccc(C(F)F)cc2)cc1. The standard InChI is InChI=1S/C17H20F2N2/c1-12-3-9-15(10-4-12)21(2)16(11-20)13-5-7-14(8-6-13)17(18)19/h3-10,16-17H,11,20H2,1-2H3. The summed E-state index contributed by atoms with van der Waals surface area (Å²) in [6.07, 6.45) is -2.44. The van der Waals surface area contributed by atoms with Gasteiger partial charge in [0, 0.05) is 24.8 Å². The number of nitrogens with two attached hydrogens (primary N) is 1. The van der Waals surface area contributed by atoms with Gasteiger partial charge in [-0.25, -0.2) is 8.78 Å². The van der Waals surface area contributed by atoms with Crippen LogP contribution in [0.15, 0.2) is 48.5 Å². The molecule has 4 heteroatoms. The van der Waals surface area contributed by atoms with Crippen LogP contribution < -0.4 is 10.6 Å². The molecular formula is C17H20F2N2. The van der Waals surface area contributed by atoms with Crippen molar-refractivity contribution in [1.29, 1.82) is 0 Å². The van der Waals surface area contributed by atoms with Gasteiger partial charge in [0.05, 0.1) is 6.04 Å². The lowest BCUT2D eigenvalue weighted by Crippen LogP contribution is -2.30. The van der Waals surface area contributed by atoms with Gasteiger partial charge in [0.1, 0.15) is 0 Å². The molecule has 0 bridgehead atoms. The minimum atomic E-state index is -2.44. The molecule has 0 spiro atoms. The molecule has 0 amide bonds. The van der Waals surface area contributed by atoms with Gasteiger partial charge in [0.25, 0.3) is 6.43 Å². The Balaban J connectivity index is 2.23. The van der Waals surface area contributed by atoms with Crippen LogP contribution in [0.5, 0.6) is 0 Å². The highest BCUT2D eigenvalue weighted by atomic mass is 19.3.